The number of amides is 1. The zero-order chi connectivity index (χ0) is 12.7. The average Bonchev–Trinajstić information content (AvgIpc) is 3.20. The van der Waals surface area contributed by atoms with Gasteiger partial charge in [-0.2, -0.15) is 0 Å². The number of hydrogen-bond acceptors (Lipinski definition) is 4. The summed E-state index contributed by atoms with van der Waals surface area (Å²) in [4.78, 5) is 11.3. The van der Waals surface area contributed by atoms with Crippen molar-refractivity contribution < 1.29 is 9.90 Å². The lowest BCUT2D eigenvalue weighted by Crippen LogP contribution is -2.22. The third kappa shape index (κ3) is 2.38. The molecule has 0 spiro atoms. The lowest BCUT2D eigenvalue weighted by Gasteiger charge is -2.11. The van der Waals surface area contributed by atoms with E-state index in [4.69, 9.17) is 5.73 Å². The first-order chi connectivity index (χ1) is 8.65. The number of carbonyl (C=O) groups excluding carboxylic acids is 1. The van der Waals surface area contributed by atoms with Gasteiger partial charge in [-0.05, 0) is 43.9 Å². The van der Waals surface area contributed by atoms with E-state index >= 15 is 0 Å². The number of carbonyl (C=O) groups is 1. The number of nitrogens with zero attached hydrogens (tertiary/aromatic N) is 3. The molecule has 2 fully saturated rings. The fourth-order valence-corrected chi connectivity index (χ4v) is 2.28. The van der Waals surface area contributed by atoms with Gasteiger partial charge in [-0.1, -0.05) is 5.21 Å². The Bertz CT molecular complexity index is 463. The molecule has 1 aromatic rings. The van der Waals surface area contributed by atoms with Crippen LogP contribution in [0.3, 0.4) is 0 Å². The zero-order valence-electron chi connectivity index (χ0n) is 10.2. The minimum Gasteiger partial charge on any atom is -0.391 e. The van der Waals surface area contributed by atoms with Crippen LogP contribution in [0, 0.1) is 11.8 Å². The Labute approximate surface area is 105 Å². The molecule has 3 rings (SSSR count). The fourth-order valence-electron chi connectivity index (χ4n) is 2.28. The lowest BCUT2D eigenvalue weighted by atomic mass is 10.1. The van der Waals surface area contributed by atoms with Crippen LogP contribution in [0.15, 0.2) is 0 Å². The van der Waals surface area contributed by atoms with E-state index in [0.717, 1.165) is 25.0 Å². The first-order valence-corrected chi connectivity index (χ1v) is 6.55. The quantitative estimate of drug-likeness (QED) is 0.748. The van der Waals surface area contributed by atoms with Crippen LogP contribution in [0.5, 0.6) is 0 Å². The molecule has 6 nitrogen and oxygen atoms in total. The lowest BCUT2D eigenvalue weighted by molar-refractivity contribution is 0.0993. The molecule has 1 unspecified atom stereocenters. The molecular formula is C12H18N4O2. The third-order valence-electron chi connectivity index (χ3n) is 3.78. The maximum absolute atomic E-state index is 11.3. The molecule has 0 saturated heterocycles. The van der Waals surface area contributed by atoms with Crippen LogP contribution < -0.4 is 5.73 Å². The molecule has 0 aromatic carbocycles. The first-order valence-electron chi connectivity index (χ1n) is 6.55. The smallest absolute Gasteiger partial charge is 0.271 e. The number of rotatable bonds is 6. The van der Waals surface area contributed by atoms with Crippen LogP contribution >= 0.6 is 0 Å². The Morgan fingerprint density at radius 3 is 2.72 bits per heavy atom. The van der Waals surface area contributed by atoms with E-state index < -0.39 is 5.91 Å². The number of primary amides is 1. The van der Waals surface area contributed by atoms with Crippen LogP contribution in [0.4, 0.5) is 0 Å². The molecule has 0 radical (unpaired) electrons. The summed E-state index contributed by atoms with van der Waals surface area (Å²) < 4.78 is 1.67. The molecule has 0 bridgehead atoms. The van der Waals surface area contributed by atoms with E-state index in [1.807, 2.05) is 0 Å². The Morgan fingerprint density at radius 1 is 1.44 bits per heavy atom. The van der Waals surface area contributed by atoms with Crippen molar-refractivity contribution in [1.29, 1.82) is 0 Å². The van der Waals surface area contributed by atoms with Gasteiger partial charge >= 0.3 is 0 Å². The summed E-state index contributed by atoms with van der Waals surface area (Å²) in [6.45, 7) is 0.424. The van der Waals surface area contributed by atoms with Crippen molar-refractivity contribution in [1.82, 2.24) is 15.0 Å². The molecule has 6 heteroatoms. The maximum Gasteiger partial charge on any atom is 0.271 e. The number of aromatic nitrogens is 3. The molecule has 2 aliphatic rings. The molecule has 3 N–H and O–H groups in total. The van der Waals surface area contributed by atoms with Gasteiger partial charge in [0.2, 0.25) is 0 Å². The second-order valence-electron chi connectivity index (χ2n) is 5.48. The van der Waals surface area contributed by atoms with E-state index in [2.05, 4.69) is 10.3 Å². The Kier molecular flexibility index (Phi) is 2.81. The molecule has 2 aliphatic carbocycles. The van der Waals surface area contributed by atoms with Crippen molar-refractivity contribution in [2.75, 3.05) is 0 Å². The van der Waals surface area contributed by atoms with Crippen LogP contribution in [0.1, 0.15) is 41.9 Å². The number of nitrogens with two attached hydrogens (primary N) is 1. The number of aliphatic hydroxyl groups is 1. The van der Waals surface area contributed by atoms with E-state index in [9.17, 15) is 9.90 Å². The normalized spacial score (nSPS) is 20.9. The second kappa shape index (κ2) is 4.35. The first kappa shape index (κ1) is 11.6. The van der Waals surface area contributed by atoms with Gasteiger partial charge < -0.3 is 10.8 Å². The third-order valence-corrected chi connectivity index (χ3v) is 3.78. The van der Waals surface area contributed by atoms with Gasteiger partial charge in [0.05, 0.1) is 18.3 Å². The Hall–Kier alpha value is -1.43. The van der Waals surface area contributed by atoms with Crippen molar-refractivity contribution in [2.24, 2.45) is 17.6 Å². The molecule has 1 amide bonds. The summed E-state index contributed by atoms with van der Waals surface area (Å²) in [6, 6.07) is 0. The molecule has 0 aliphatic heterocycles. The molecule has 1 aromatic heterocycles. The Morgan fingerprint density at radius 2 is 2.17 bits per heavy atom. The van der Waals surface area contributed by atoms with Crippen molar-refractivity contribution in [3.63, 3.8) is 0 Å². The highest BCUT2D eigenvalue weighted by Crippen LogP contribution is 2.35. The van der Waals surface area contributed by atoms with Crippen molar-refractivity contribution in [3.05, 3.63) is 11.4 Å². The molecule has 1 heterocycles. The summed E-state index contributed by atoms with van der Waals surface area (Å²) in [6.07, 6.45) is 4.95. The van der Waals surface area contributed by atoms with Gasteiger partial charge in [0.15, 0.2) is 5.69 Å². The highest BCUT2D eigenvalue weighted by Gasteiger charge is 2.32. The van der Waals surface area contributed by atoms with Gasteiger partial charge in [0, 0.05) is 0 Å². The van der Waals surface area contributed by atoms with E-state index in [1.54, 1.807) is 4.68 Å². The van der Waals surface area contributed by atoms with Gasteiger partial charge in [0.25, 0.3) is 5.91 Å². The van der Waals surface area contributed by atoms with Gasteiger partial charge in [0.1, 0.15) is 0 Å². The zero-order valence-corrected chi connectivity index (χ0v) is 10.2. The molecule has 18 heavy (non-hydrogen) atoms. The van der Waals surface area contributed by atoms with Crippen LogP contribution in [-0.2, 0) is 13.0 Å². The summed E-state index contributed by atoms with van der Waals surface area (Å²) >= 11 is 0. The average molecular weight is 250 g/mol. The van der Waals surface area contributed by atoms with Gasteiger partial charge in [-0.3, -0.25) is 4.79 Å². The summed E-state index contributed by atoms with van der Waals surface area (Å²) in [5, 5.41) is 17.8. The summed E-state index contributed by atoms with van der Waals surface area (Å²) in [5.41, 5.74) is 6.37. The predicted octanol–water partition coefficient (Wildman–Crippen LogP) is 0.100. The summed E-state index contributed by atoms with van der Waals surface area (Å²) in [5.74, 6) is 0.483. The van der Waals surface area contributed by atoms with Crippen molar-refractivity contribution >= 4 is 5.91 Å². The minimum atomic E-state index is -0.530. The van der Waals surface area contributed by atoms with Gasteiger partial charge in [-0.25, -0.2) is 4.68 Å². The standard InChI is InChI=1S/C12H18N4O2/c13-12(18)11-9(5-7-1-2-7)16(15-14-11)6-10(17)8-3-4-8/h7-8,10,17H,1-6H2,(H2,13,18). The van der Waals surface area contributed by atoms with Crippen LogP contribution in [0.2, 0.25) is 0 Å². The topological polar surface area (TPSA) is 94.0 Å². The van der Waals surface area contributed by atoms with E-state index in [0.29, 0.717) is 18.4 Å². The molecule has 2 saturated carbocycles. The number of aliphatic hydroxyl groups excluding tert-OH is 1. The maximum atomic E-state index is 11.3. The van der Waals surface area contributed by atoms with Crippen LogP contribution in [0.25, 0.3) is 0 Å². The monoisotopic (exact) mass is 250 g/mol. The number of hydrogen-bond donors (Lipinski definition) is 2. The molecular weight excluding hydrogens is 232 g/mol. The van der Waals surface area contributed by atoms with E-state index in [-0.39, 0.29) is 11.8 Å². The Balaban J connectivity index is 1.79. The van der Waals surface area contributed by atoms with Gasteiger partial charge in [-0.15, -0.1) is 5.10 Å². The van der Waals surface area contributed by atoms with Crippen LogP contribution in [-0.4, -0.2) is 32.1 Å². The fraction of sp³-hybridized carbons (Fsp3) is 0.750. The highest BCUT2D eigenvalue weighted by atomic mass is 16.3. The molecule has 1 atom stereocenters. The van der Waals surface area contributed by atoms with Crippen molar-refractivity contribution in [3.8, 4) is 0 Å². The summed E-state index contributed by atoms with van der Waals surface area (Å²) in [7, 11) is 0. The second-order valence-corrected chi connectivity index (χ2v) is 5.48. The highest BCUT2D eigenvalue weighted by molar-refractivity contribution is 5.91. The minimum absolute atomic E-state index is 0.268. The van der Waals surface area contributed by atoms with Crippen molar-refractivity contribution in [2.45, 2.75) is 44.8 Å². The van der Waals surface area contributed by atoms with E-state index in [1.165, 1.54) is 12.8 Å². The SMILES string of the molecule is NC(=O)c1nnn(CC(O)C2CC2)c1CC1CC1. The molecule has 98 valence electrons. The predicted molar refractivity (Wildman–Crippen MR) is 63.7 cm³/mol. The largest absolute Gasteiger partial charge is 0.391 e.